The molecule has 1 aliphatic rings. The second kappa shape index (κ2) is 8.34. The second-order valence-electron chi connectivity index (χ2n) is 5.32. The Morgan fingerprint density at radius 3 is 2.11 bits per heavy atom. The van der Waals surface area contributed by atoms with Crippen molar-refractivity contribution < 1.29 is 0 Å². The van der Waals surface area contributed by atoms with E-state index in [2.05, 4.69) is 38.1 Å². The van der Waals surface area contributed by atoms with E-state index in [1.807, 2.05) is 13.8 Å². The fourth-order valence-electron chi connectivity index (χ4n) is 3.01. The smallest absolute Gasteiger partial charge is 0.0162 e. The van der Waals surface area contributed by atoms with Crippen LogP contribution in [0, 0.1) is 5.92 Å². The highest BCUT2D eigenvalue weighted by Gasteiger charge is 2.22. The summed E-state index contributed by atoms with van der Waals surface area (Å²) in [4.78, 5) is 0. The first kappa shape index (κ1) is 15.3. The lowest BCUT2D eigenvalue weighted by Crippen LogP contribution is -2.05. The van der Waals surface area contributed by atoms with Gasteiger partial charge >= 0.3 is 0 Å². The monoisotopic (exact) mass is 246 g/mol. The van der Waals surface area contributed by atoms with Gasteiger partial charge in [0.15, 0.2) is 0 Å². The van der Waals surface area contributed by atoms with E-state index in [0.29, 0.717) is 0 Å². The van der Waals surface area contributed by atoms with E-state index in [4.69, 9.17) is 0 Å². The van der Waals surface area contributed by atoms with Gasteiger partial charge in [0.1, 0.15) is 0 Å². The van der Waals surface area contributed by atoms with Crippen LogP contribution in [-0.4, -0.2) is 0 Å². The van der Waals surface area contributed by atoms with E-state index in [-0.39, 0.29) is 0 Å². The molecule has 0 heteroatoms. The van der Waals surface area contributed by atoms with Gasteiger partial charge in [-0.1, -0.05) is 71.2 Å². The van der Waals surface area contributed by atoms with Crippen molar-refractivity contribution in [1.29, 1.82) is 0 Å². The first-order valence-corrected chi connectivity index (χ1v) is 7.90. The lowest BCUT2D eigenvalue weighted by atomic mass is 9.86. The third-order valence-electron chi connectivity index (χ3n) is 4.15. The lowest BCUT2D eigenvalue weighted by molar-refractivity contribution is 0.461. The van der Waals surface area contributed by atoms with Gasteiger partial charge in [-0.15, -0.1) is 0 Å². The van der Waals surface area contributed by atoms with Crippen LogP contribution >= 0.6 is 0 Å². The summed E-state index contributed by atoms with van der Waals surface area (Å²) < 4.78 is 0. The van der Waals surface area contributed by atoms with Gasteiger partial charge in [-0.2, -0.15) is 0 Å². The average molecular weight is 246 g/mol. The number of hydrogen-bond donors (Lipinski definition) is 0. The summed E-state index contributed by atoms with van der Waals surface area (Å²) in [5.74, 6) is 1.70. The van der Waals surface area contributed by atoms with Crippen molar-refractivity contribution in [2.24, 2.45) is 5.92 Å². The average Bonchev–Trinajstić information content (AvgIpc) is 2.95. The molecule has 0 aliphatic heterocycles. The zero-order valence-electron chi connectivity index (χ0n) is 12.7. The number of aryl methyl sites for hydroxylation is 1. The molecule has 0 saturated heterocycles. The Labute approximate surface area is 114 Å². The normalized spacial score (nSPS) is 17.1. The Bertz CT molecular complexity index is 303. The molecule has 0 radical (unpaired) electrons. The summed E-state index contributed by atoms with van der Waals surface area (Å²) in [5, 5.41) is 0. The molecule has 1 atom stereocenters. The summed E-state index contributed by atoms with van der Waals surface area (Å²) in [7, 11) is 0. The molecule has 1 aliphatic carbocycles. The molecule has 1 aromatic carbocycles. The van der Waals surface area contributed by atoms with Crippen LogP contribution in [0.5, 0.6) is 0 Å². The van der Waals surface area contributed by atoms with Crippen LogP contribution in [0.4, 0.5) is 0 Å². The van der Waals surface area contributed by atoms with E-state index < -0.39 is 0 Å². The minimum atomic E-state index is 0.762. The largest absolute Gasteiger partial charge is 0.0683 e. The van der Waals surface area contributed by atoms with Crippen molar-refractivity contribution in [3.05, 3.63) is 35.4 Å². The summed E-state index contributed by atoms with van der Waals surface area (Å²) in [6.07, 6.45) is 8.25. The van der Waals surface area contributed by atoms with Crippen LogP contribution in [-0.2, 0) is 6.42 Å². The maximum atomic E-state index is 2.41. The minimum Gasteiger partial charge on any atom is -0.0683 e. The Morgan fingerprint density at radius 2 is 1.61 bits per heavy atom. The van der Waals surface area contributed by atoms with Crippen LogP contribution in [0.25, 0.3) is 0 Å². The highest BCUT2D eigenvalue weighted by atomic mass is 14.3. The van der Waals surface area contributed by atoms with E-state index in [9.17, 15) is 0 Å². The fourth-order valence-corrected chi connectivity index (χ4v) is 3.01. The van der Waals surface area contributed by atoms with E-state index in [1.54, 1.807) is 5.56 Å². The molecule has 0 bridgehead atoms. The van der Waals surface area contributed by atoms with E-state index >= 15 is 0 Å². The van der Waals surface area contributed by atoms with Crippen molar-refractivity contribution in [1.82, 2.24) is 0 Å². The van der Waals surface area contributed by atoms with E-state index in [0.717, 1.165) is 11.8 Å². The highest BCUT2D eigenvalue weighted by molar-refractivity contribution is 5.25. The van der Waals surface area contributed by atoms with Gasteiger partial charge in [-0.3, -0.25) is 0 Å². The maximum Gasteiger partial charge on any atom is -0.0162 e. The Morgan fingerprint density at radius 1 is 1.06 bits per heavy atom. The molecule has 1 saturated carbocycles. The SMILES string of the molecule is CC.CCCc1ccc([C@H](C)C2CCCC2)cc1. The Hall–Kier alpha value is -0.780. The molecule has 102 valence electrons. The number of benzene rings is 1. The Kier molecular flexibility index (Phi) is 7.08. The molecule has 1 fully saturated rings. The first-order chi connectivity index (χ1) is 8.81. The summed E-state index contributed by atoms with van der Waals surface area (Å²) in [6, 6.07) is 9.36. The summed E-state index contributed by atoms with van der Waals surface area (Å²) >= 11 is 0. The molecular weight excluding hydrogens is 216 g/mol. The third-order valence-corrected chi connectivity index (χ3v) is 4.15. The molecular formula is C18H30. The first-order valence-electron chi connectivity index (χ1n) is 7.90. The molecule has 0 unspecified atom stereocenters. The molecule has 2 rings (SSSR count). The highest BCUT2D eigenvalue weighted by Crippen LogP contribution is 2.36. The van der Waals surface area contributed by atoms with E-state index in [1.165, 1.54) is 44.1 Å². The van der Waals surface area contributed by atoms with Crippen molar-refractivity contribution in [2.45, 2.75) is 72.1 Å². The fraction of sp³-hybridized carbons (Fsp3) is 0.667. The molecule has 0 aromatic heterocycles. The standard InChI is InChI=1S/C16H24.C2H6/c1-3-6-14-9-11-16(12-10-14)13(2)15-7-4-5-8-15;1-2/h9-13,15H,3-8H2,1-2H3;1-2H3/t13-;/m1./s1. The number of rotatable bonds is 4. The lowest BCUT2D eigenvalue weighted by Gasteiger charge is -2.19. The van der Waals surface area contributed by atoms with Crippen LogP contribution in [0.1, 0.15) is 76.8 Å². The van der Waals surface area contributed by atoms with Crippen LogP contribution in [0.3, 0.4) is 0 Å². The molecule has 0 heterocycles. The third kappa shape index (κ3) is 4.15. The van der Waals surface area contributed by atoms with Crippen LogP contribution < -0.4 is 0 Å². The van der Waals surface area contributed by atoms with Crippen LogP contribution in [0.15, 0.2) is 24.3 Å². The van der Waals surface area contributed by atoms with Gasteiger partial charge < -0.3 is 0 Å². The molecule has 18 heavy (non-hydrogen) atoms. The van der Waals surface area contributed by atoms with Gasteiger partial charge in [0.2, 0.25) is 0 Å². The topological polar surface area (TPSA) is 0 Å². The predicted molar refractivity (Wildman–Crippen MR) is 82.2 cm³/mol. The van der Waals surface area contributed by atoms with Gasteiger partial charge in [-0.25, -0.2) is 0 Å². The molecule has 0 nitrogen and oxygen atoms in total. The predicted octanol–water partition coefficient (Wildman–Crippen LogP) is 5.96. The summed E-state index contributed by atoms with van der Waals surface area (Å²) in [5.41, 5.74) is 3.04. The second-order valence-corrected chi connectivity index (χ2v) is 5.32. The molecule has 0 amide bonds. The van der Waals surface area contributed by atoms with Crippen LogP contribution in [0.2, 0.25) is 0 Å². The Balaban J connectivity index is 0.000000771. The van der Waals surface area contributed by atoms with Crippen molar-refractivity contribution in [2.75, 3.05) is 0 Å². The van der Waals surface area contributed by atoms with Gasteiger partial charge in [0.25, 0.3) is 0 Å². The van der Waals surface area contributed by atoms with Gasteiger partial charge in [0, 0.05) is 0 Å². The zero-order chi connectivity index (χ0) is 13.4. The molecule has 1 aromatic rings. The zero-order valence-corrected chi connectivity index (χ0v) is 12.7. The number of hydrogen-bond acceptors (Lipinski definition) is 0. The molecule has 0 spiro atoms. The van der Waals surface area contributed by atoms with Crippen molar-refractivity contribution in [3.63, 3.8) is 0 Å². The van der Waals surface area contributed by atoms with Gasteiger partial charge in [0.05, 0.1) is 0 Å². The maximum absolute atomic E-state index is 2.41. The minimum absolute atomic E-state index is 0.762. The van der Waals surface area contributed by atoms with Crippen molar-refractivity contribution in [3.8, 4) is 0 Å². The quantitative estimate of drug-likeness (QED) is 0.615. The molecule has 0 N–H and O–H groups in total. The van der Waals surface area contributed by atoms with Crippen molar-refractivity contribution >= 4 is 0 Å². The van der Waals surface area contributed by atoms with Gasteiger partial charge in [-0.05, 0) is 42.2 Å². The summed E-state index contributed by atoms with van der Waals surface area (Å²) in [6.45, 7) is 8.65.